The monoisotopic (exact) mass is 210 g/mol. The molecule has 6 nitrogen and oxygen atoms in total. The molecule has 1 amide bonds. The number of benzene rings is 1. The van der Waals surface area contributed by atoms with Gasteiger partial charge in [-0.2, -0.15) is 0 Å². The fourth-order valence-electron chi connectivity index (χ4n) is 1.30. The first-order chi connectivity index (χ1) is 7.02. The van der Waals surface area contributed by atoms with Crippen LogP contribution in [-0.2, 0) is 4.79 Å². The number of fused-ring (bicyclic) bond motifs is 1. The summed E-state index contributed by atoms with van der Waals surface area (Å²) in [5.74, 6) is -2.40. The van der Waals surface area contributed by atoms with E-state index in [1.165, 1.54) is 0 Å². The number of carbonyl (C=O) groups is 2. The molecule has 0 N–H and O–H groups in total. The smallest absolute Gasteiger partial charge is 0.283 e. The van der Waals surface area contributed by atoms with Gasteiger partial charge in [-0.15, -0.1) is 5.12 Å². The van der Waals surface area contributed by atoms with Gasteiger partial charge in [0, 0.05) is 12.1 Å². The van der Waals surface area contributed by atoms with Crippen molar-refractivity contribution in [1.82, 2.24) is 0 Å². The van der Waals surface area contributed by atoms with E-state index in [9.17, 15) is 24.2 Å². The molecule has 7 heteroatoms. The van der Waals surface area contributed by atoms with Gasteiger partial charge in [0.2, 0.25) is 0 Å². The third-order valence-corrected chi connectivity index (χ3v) is 2.02. The minimum atomic E-state index is -1.33. The molecule has 0 saturated carbocycles. The van der Waals surface area contributed by atoms with E-state index in [0.717, 1.165) is 18.2 Å². The van der Waals surface area contributed by atoms with E-state index in [-0.39, 0.29) is 22.1 Å². The molecule has 1 aromatic carbocycles. The molecular weight excluding hydrogens is 207 g/mol. The largest absolute Gasteiger partial charge is 0.327 e. The minimum Gasteiger partial charge on any atom is -0.283 e. The summed E-state index contributed by atoms with van der Waals surface area (Å²) < 4.78 is 13.0. The van der Waals surface area contributed by atoms with Crippen LogP contribution in [0, 0.1) is 10.1 Å². The zero-order valence-corrected chi connectivity index (χ0v) is 7.14. The summed E-state index contributed by atoms with van der Waals surface area (Å²) in [6, 6.07) is 2.93. The van der Waals surface area contributed by atoms with Gasteiger partial charge in [-0.1, -0.05) is 4.48 Å². The predicted octanol–water partition coefficient (Wildman–Crippen LogP) is 1.01. The minimum absolute atomic E-state index is 0.254. The van der Waals surface area contributed by atoms with Crippen molar-refractivity contribution < 1.29 is 19.0 Å². The molecule has 0 radical (unpaired) electrons. The number of halogens is 1. The molecule has 76 valence electrons. The standard InChI is InChI=1S/C8H3FN2O4/c9-10-6-2-1-4(11(14)15)3-5(6)7(12)8(10)13/h1-3H. The highest BCUT2D eigenvalue weighted by Crippen LogP contribution is 2.31. The van der Waals surface area contributed by atoms with Gasteiger partial charge < -0.3 is 0 Å². The first kappa shape index (κ1) is 9.25. The van der Waals surface area contributed by atoms with E-state index < -0.39 is 16.6 Å². The highest BCUT2D eigenvalue weighted by atomic mass is 19.2. The Morgan fingerprint density at radius 3 is 2.60 bits per heavy atom. The van der Waals surface area contributed by atoms with Crippen molar-refractivity contribution in [3.8, 4) is 0 Å². The second-order valence-electron chi connectivity index (χ2n) is 2.87. The van der Waals surface area contributed by atoms with Crippen LogP contribution in [0.1, 0.15) is 10.4 Å². The number of nitrogens with zero attached hydrogens (tertiary/aromatic N) is 2. The number of Topliss-reactive ketones (excluding diaryl/α,β-unsaturated/α-hetero) is 1. The average Bonchev–Trinajstić information content (AvgIpc) is 2.44. The van der Waals surface area contributed by atoms with Crippen LogP contribution in [0.25, 0.3) is 0 Å². The van der Waals surface area contributed by atoms with Gasteiger partial charge in [-0.3, -0.25) is 19.7 Å². The number of rotatable bonds is 1. The molecule has 0 bridgehead atoms. The van der Waals surface area contributed by atoms with Crippen LogP contribution in [0.4, 0.5) is 15.9 Å². The van der Waals surface area contributed by atoms with E-state index in [1.54, 1.807) is 0 Å². The Kier molecular flexibility index (Phi) is 1.75. The summed E-state index contributed by atoms with van der Waals surface area (Å²) in [4.78, 5) is 31.7. The van der Waals surface area contributed by atoms with Crippen molar-refractivity contribution >= 4 is 23.1 Å². The van der Waals surface area contributed by atoms with Gasteiger partial charge >= 0.3 is 5.91 Å². The quantitative estimate of drug-likeness (QED) is 0.300. The molecule has 0 aromatic heterocycles. The number of amides is 1. The Morgan fingerprint density at radius 1 is 1.33 bits per heavy atom. The lowest BCUT2D eigenvalue weighted by Crippen LogP contribution is -2.20. The van der Waals surface area contributed by atoms with E-state index >= 15 is 0 Å². The van der Waals surface area contributed by atoms with Crippen LogP contribution < -0.4 is 5.12 Å². The zero-order valence-electron chi connectivity index (χ0n) is 7.14. The van der Waals surface area contributed by atoms with Crippen LogP contribution in [0.2, 0.25) is 0 Å². The number of anilines is 1. The number of non-ortho nitro benzene ring substituents is 1. The summed E-state index contributed by atoms with van der Waals surface area (Å²) in [5.41, 5.74) is -0.891. The first-order valence-electron chi connectivity index (χ1n) is 3.85. The van der Waals surface area contributed by atoms with Crippen molar-refractivity contribution in [3.05, 3.63) is 33.9 Å². The first-order valence-corrected chi connectivity index (χ1v) is 3.85. The molecule has 0 atom stereocenters. The maximum atomic E-state index is 13.0. The number of nitro groups is 1. The normalized spacial score (nSPS) is 14.3. The molecule has 15 heavy (non-hydrogen) atoms. The van der Waals surface area contributed by atoms with Crippen LogP contribution >= 0.6 is 0 Å². The topological polar surface area (TPSA) is 80.5 Å². The Morgan fingerprint density at radius 2 is 2.00 bits per heavy atom. The lowest BCUT2D eigenvalue weighted by molar-refractivity contribution is -0.384. The van der Waals surface area contributed by atoms with Crippen molar-refractivity contribution in [3.63, 3.8) is 0 Å². The molecule has 0 aliphatic carbocycles. The van der Waals surface area contributed by atoms with Gasteiger partial charge in [-0.25, -0.2) is 0 Å². The molecule has 2 rings (SSSR count). The summed E-state index contributed by atoms with van der Waals surface area (Å²) in [7, 11) is 0. The molecule has 0 fully saturated rings. The van der Waals surface area contributed by atoms with Crippen LogP contribution in [-0.4, -0.2) is 16.6 Å². The van der Waals surface area contributed by atoms with Crippen molar-refractivity contribution in [2.24, 2.45) is 0 Å². The zero-order chi connectivity index (χ0) is 11.2. The van der Waals surface area contributed by atoms with Gasteiger partial charge in [0.05, 0.1) is 16.2 Å². The molecule has 1 aliphatic rings. The number of hydrogen-bond acceptors (Lipinski definition) is 4. The fourth-order valence-corrected chi connectivity index (χ4v) is 1.30. The molecular formula is C8H3FN2O4. The second-order valence-corrected chi connectivity index (χ2v) is 2.87. The highest BCUT2D eigenvalue weighted by Gasteiger charge is 2.37. The Hall–Kier alpha value is -2.31. The van der Waals surface area contributed by atoms with Gasteiger partial charge in [0.1, 0.15) is 0 Å². The van der Waals surface area contributed by atoms with Crippen LogP contribution in [0.5, 0.6) is 0 Å². The van der Waals surface area contributed by atoms with Gasteiger partial charge in [0.15, 0.2) is 0 Å². The number of hydrogen-bond donors (Lipinski definition) is 0. The SMILES string of the molecule is O=C1C(=O)N(F)c2ccc([N+](=O)[O-])cc21. The molecule has 1 aromatic rings. The summed E-state index contributed by atoms with van der Waals surface area (Å²) in [6.45, 7) is 0. The summed E-state index contributed by atoms with van der Waals surface area (Å²) >= 11 is 0. The third kappa shape index (κ3) is 1.17. The number of carbonyl (C=O) groups excluding carboxylic acids is 2. The Bertz CT molecular complexity index is 499. The third-order valence-electron chi connectivity index (χ3n) is 2.02. The Balaban J connectivity index is 2.61. The maximum Gasteiger partial charge on any atom is 0.327 e. The predicted molar refractivity (Wildman–Crippen MR) is 46.0 cm³/mol. The lowest BCUT2D eigenvalue weighted by Gasteiger charge is -2.01. The molecule has 1 heterocycles. The van der Waals surface area contributed by atoms with Crippen molar-refractivity contribution in [1.29, 1.82) is 0 Å². The van der Waals surface area contributed by atoms with Crippen molar-refractivity contribution in [2.75, 3.05) is 5.12 Å². The molecule has 0 unspecified atom stereocenters. The van der Waals surface area contributed by atoms with Crippen molar-refractivity contribution in [2.45, 2.75) is 0 Å². The second kappa shape index (κ2) is 2.84. The Labute approximate surface area is 82.0 Å². The van der Waals surface area contributed by atoms with Gasteiger partial charge in [-0.05, 0) is 6.07 Å². The number of nitro benzene ring substituents is 1. The van der Waals surface area contributed by atoms with E-state index in [4.69, 9.17) is 0 Å². The van der Waals surface area contributed by atoms with Crippen LogP contribution in [0.3, 0.4) is 0 Å². The summed E-state index contributed by atoms with van der Waals surface area (Å²) in [5, 5.41) is 10.1. The fraction of sp³-hybridized carbons (Fsp3) is 0. The number of ketones is 1. The lowest BCUT2D eigenvalue weighted by atomic mass is 10.1. The van der Waals surface area contributed by atoms with E-state index in [1.807, 2.05) is 0 Å². The van der Waals surface area contributed by atoms with Crippen LogP contribution in [0.15, 0.2) is 18.2 Å². The van der Waals surface area contributed by atoms with E-state index in [2.05, 4.69) is 0 Å². The molecule has 1 aliphatic heterocycles. The molecule has 0 saturated heterocycles. The summed E-state index contributed by atoms with van der Waals surface area (Å²) in [6.07, 6.45) is 0. The maximum absolute atomic E-state index is 13.0. The van der Waals surface area contributed by atoms with E-state index in [0.29, 0.717) is 0 Å². The average molecular weight is 210 g/mol. The highest BCUT2D eigenvalue weighted by molar-refractivity contribution is 6.51. The molecule has 0 spiro atoms. The van der Waals surface area contributed by atoms with Gasteiger partial charge in [0.25, 0.3) is 11.5 Å².